The fraction of sp³-hybridized carbons (Fsp3) is 0. The average molecular weight is 1170 g/mol. The summed E-state index contributed by atoms with van der Waals surface area (Å²) in [6.45, 7) is 0. The van der Waals surface area contributed by atoms with Crippen molar-refractivity contribution in [2.75, 3.05) is 0 Å². The van der Waals surface area contributed by atoms with Crippen molar-refractivity contribution in [3.63, 3.8) is 0 Å². The maximum absolute atomic E-state index is 4.81. The Morgan fingerprint density at radius 1 is 0.196 bits per heavy atom. The molecule has 0 atom stereocenters. The van der Waals surface area contributed by atoms with E-state index in [9.17, 15) is 0 Å². The van der Waals surface area contributed by atoms with E-state index in [1.165, 1.54) is 109 Å². The number of pyridine rings is 4. The van der Waals surface area contributed by atoms with Gasteiger partial charge in [-0.25, -0.2) is 0 Å². The van der Waals surface area contributed by atoms with Gasteiger partial charge in [0.25, 0.3) is 0 Å². The molecule has 0 N–H and O–H groups in total. The predicted octanol–water partition coefficient (Wildman–Crippen LogP) is 21.3. The van der Waals surface area contributed by atoms with Gasteiger partial charge in [-0.3, -0.25) is 19.9 Å². The number of benzene rings is 12. The normalized spacial score (nSPS) is 11.9. The summed E-state index contributed by atoms with van der Waals surface area (Å²) in [5.74, 6) is 0. The quantitative estimate of drug-likeness (QED) is 0.166. The largest absolute Gasteiger partial charge is 0.309 e. The van der Waals surface area contributed by atoms with Crippen LogP contribution in [0.25, 0.3) is 176 Å². The standard InChI is InChI=1S/C44H28N4.C40H24N4/c1-3-13-41-35(9-1)37-25-31-28-44-38(26-32(31)27-43(37)47(41)33-19-15-29(16-20-33)39-11-5-7-23-45-39)36-10-2-4-14-42(36)48(44)34-21-17-30(18-22-34)40-12-6-8-24-46-40;1-5-13-35-25(9-1)17-29(23-41-35)43-37-15-7-3-11-31(37)33-19-28-22-40-34(20-27(28)21-39(33)43)32-12-4-8-16-38(32)44(40)30-18-26-10-2-6-14-36(26)42-24-30/h1-28H;1-24H. The fourth-order valence-corrected chi connectivity index (χ4v) is 14.5. The van der Waals surface area contributed by atoms with Crippen molar-refractivity contribution >= 4 is 131 Å². The minimum absolute atomic E-state index is 0.976. The molecule has 0 amide bonds. The number of para-hydroxylation sites is 6. The molecular weight excluding hydrogens is 1120 g/mol. The first-order chi connectivity index (χ1) is 45.6. The van der Waals surface area contributed by atoms with Crippen molar-refractivity contribution in [2.45, 2.75) is 0 Å². The summed E-state index contributed by atoms with van der Waals surface area (Å²) in [7, 11) is 0. The minimum Gasteiger partial charge on any atom is -0.309 e. The second-order valence-electron chi connectivity index (χ2n) is 23.9. The lowest BCUT2D eigenvalue weighted by atomic mass is 10.0. The number of aromatic nitrogens is 8. The predicted molar refractivity (Wildman–Crippen MR) is 382 cm³/mol. The molecule has 8 heteroatoms. The lowest BCUT2D eigenvalue weighted by molar-refractivity contribution is 1.16. The van der Waals surface area contributed by atoms with Gasteiger partial charge in [-0.05, 0) is 167 Å². The second-order valence-corrected chi connectivity index (χ2v) is 23.9. The number of hydrogen-bond acceptors (Lipinski definition) is 4. The Bertz CT molecular complexity index is 5970. The smallest absolute Gasteiger partial charge is 0.0703 e. The molecule has 8 aromatic heterocycles. The molecule has 12 aromatic carbocycles. The SMILES string of the molecule is c1ccc(-c2ccc(-n3c4ccccc4c4cc5cc6c(cc5cc43)c3ccccc3n6-c3ccc(-c4ccccn4)cc3)cc2)nc1.c1ccc2ncc(-n3c4ccccc4c4cc5cc6c(cc5cc43)c3ccccc3n6-c3cnc4ccccc4c3)cc2c1. The zero-order valence-electron chi connectivity index (χ0n) is 49.6. The Balaban J connectivity index is 0.000000132. The molecule has 0 unspecified atom stereocenters. The first-order valence-electron chi connectivity index (χ1n) is 31.1. The molecule has 0 aliphatic rings. The van der Waals surface area contributed by atoms with E-state index in [4.69, 9.17) is 9.97 Å². The monoisotopic (exact) mass is 1170 g/mol. The molecule has 0 aliphatic heterocycles. The van der Waals surface area contributed by atoms with E-state index < -0.39 is 0 Å². The summed E-state index contributed by atoms with van der Waals surface area (Å²) < 4.78 is 9.50. The average Bonchev–Trinajstić information content (AvgIpc) is 1.60. The van der Waals surface area contributed by atoms with E-state index in [1.54, 1.807) is 0 Å². The molecule has 0 aliphatic carbocycles. The molecule has 20 rings (SSSR count). The van der Waals surface area contributed by atoms with Crippen LogP contribution in [0.1, 0.15) is 0 Å². The minimum atomic E-state index is 0.976. The van der Waals surface area contributed by atoms with Gasteiger partial charge >= 0.3 is 0 Å². The van der Waals surface area contributed by atoms with Crippen molar-refractivity contribution < 1.29 is 0 Å². The molecule has 0 bridgehead atoms. The van der Waals surface area contributed by atoms with E-state index in [2.05, 4.69) is 283 Å². The first kappa shape index (κ1) is 51.5. The Kier molecular flexibility index (Phi) is 11.5. The summed E-state index contributed by atoms with van der Waals surface area (Å²) in [6, 6.07) is 104. The van der Waals surface area contributed by atoms with Crippen molar-refractivity contribution in [1.82, 2.24) is 38.2 Å². The molecule has 20 aromatic rings. The van der Waals surface area contributed by atoms with Gasteiger partial charge in [-0.1, -0.05) is 146 Å². The molecule has 428 valence electrons. The van der Waals surface area contributed by atoms with Crippen LogP contribution in [0.3, 0.4) is 0 Å². The van der Waals surface area contributed by atoms with Crippen LogP contribution in [0.2, 0.25) is 0 Å². The van der Waals surface area contributed by atoms with Crippen molar-refractivity contribution in [1.29, 1.82) is 0 Å². The highest BCUT2D eigenvalue weighted by Gasteiger charge is 2.21. The van der Waals surface area contributed by atoms with Gasteiger partial charge in [0, 0.05) is 88.8 Å². The van der Waals surface area contributed by atoms with Crippen LogP contribution in [0.15, 0.2) is 316 Å². The summed E-state index contributed by atoms with van der Waals surface area (Å²) in [5.41, 5.74) is 20.1. The molecule has 8 heterocycles. The third-order valence-electron chi connectivity index (χ3n) is 18.7. The highest BCUT2D eigenvalue weighted by atomic mass is 15.0. The topological polar surface area (TPSA) is 71.3 Å². The Morgan fingerprint density at radius 3 is 0.837 bits per heavy atom. The van der Waals surface area contributed by atoms with Crippen LogP contribution >= 0.6 is 0 Å². The number of nitrogens with zero attached hydrogens (tertiary/aromatic N) is 8. The summed E-state index contributed by atoms with van der Waals surface area (Å²) in [5, 5.41) is 17.0. The molecule has 8 nitrogen and oxygen atoms in total. The summed E-state index contributed by atoms with van der Waals surface area (Å²) in [4.78, 5) is 18.7. The zero-order valence-corrected chi connectivity index (χ0v) is 49.6. The highest BCUT2D eigenvalue weighted by molar-refractivity contribution is 6.20. The van der Waals surface area contributed by atoms with E-state index in [1.807, 2.05) is 61.2 Å². The van der Waals surface area contributed by atoms with Crippen molar-refractivity contribution in [2.24, 2.45) is 0 Å². The Morgan fingerprint density at radius 2 is 0.500 bits per heavy atom. The van der Waals surface area contributed by atoms with Gasteiger partial charge in [-0.15, -0.1) is 0 Å². The lowest BCUT2D eigenvalue weighted by Gasteiger charge is -2.11. The van der Waals surface area contributed by atoms with Crippen LogP contribution in [0.5, 0.6) is 0 Å². The van der Waals surface area contributed by atoms with E-state index in [0.717, 1.165) is 67.1 Å². The first-order valence-corrected chi connectivity index (χ1v) is 31.1. The van der Waals surface area contributed by atoms with Crippen LogP contribution < -0.4 is 0 Å². The van der Waals surface area contributed by atoms with Gasteiger partial charge in [0.05, 0.1) is 90.3 Å². The van der Waals surface area contributed by atoms with Gasteiger partial charge < -0.3 is 18.3 Å². The summed E-state index contributed by atoms with van der Waals surface area (Å²) in [6.07, 6.45) is 7.67. The van der Waals surface area contributed by atoms with Crippen molar-refractivity contribution in [3.8, 4) is 45.3 Å². The third kappa shape index (κ3) is 8.17. The van der Waals surface area contributed by atoms with Gasteiger partial charge in [0.15, 0.2) is 0 Å². The Labute approximate surface area is 527 Å². The van der Waals surface area contributed by atoms with E-state index >= 15 is 0 Å². The van der Waals surface area contributed by atoms with Crippen LogP contribution in [0.4, 0.5) is 0 Å². The van der Waals surface area contributed by atoms with Crippen LogP contribution in [-0.4, -0.2) is 38.2 Å². The Hall–Kier alpha value is -12.5. The molecule has 92 heavy (non-hydrogen) atoms. The maximum atomic E-state index is 4.81. The lowest BCUT2D eigenvalue weighted by Crippen LogP contribution is -1.96. The van der Waals surface area contributed by atoms with Crippen molar-refractivity contribution in [3.05, 3.63) is 316 Å². The maximum Gasteiger partial charge on any atom is 0.0703 e. The molecular formula is C84H52N8. The van der Waals surface area contributed by atoms with Gasteiger partial charge in [0.2, 0.25) is 0 Å². The third-order valence-corrected chi connectivity index (χ3v) is 18.7. The molecule has 0 saturated heterocycles. The summed E-state index contributed by atoms with van der Waals surface area (Å²) >= 11 is 0. The molecule has 0 fully saturated rings. The second kappa shape index (κ2) is 20.5. The number of fused-ring (bicyclic) bond motifs is 16. The number of rotatable bonds is 6. The van der Waals surface area contributed by atoms with E-state index in [0.29, 0.717) is 0 Å². The van der Waals surface area contributed by atoms with Crippen LogP contribution in [-0.2, 0) is 0 Å². The van der Waals surface area contributed by atoms with Gasteiger partial charge in [0.1, 0.15) is 0 Å². The molecule has 0 saturated carbocycles. The van der Waals surface area contributed by atoms with E-state index in [-0.39, 0.29) is 0 Å². The molecule has 0 radical (unpaired) electrons. The number of hydrogen-bond donors (Lipinski definition) is 0. The van der Waals surface area contributed by atoms with Gasteiger partial charge in [-0.2, -0.15) is 0 Å². The highest BCUT2D eigenvalue weighted by Crippen LogP contribution is 2.42. The van der Waals surface area contributed by atoms with Crippen LogP contribution in [0, 0.1) is 0 Å². The molecule has 0 spiro atoms. The zero-order chi connectivity index (χ0) is 60.4. The fourth-order valence-electron chi connectivity index (χ4n) is 14.5.